The lowest BCUT2D eigenvalue weighted by Gasteiger charge is -2.15. The third-order valence-corrected chi connectivity index (χ3v) is 3.18. The zero-order chi connectivity index (χ0) is 12.3. The summed E-state index contributed by atoms with van der Waals surface area (Å²) in [5.41, 5.74) is 0.991. The van der Waals surface area contributed by atoms with Gasteiger partial charge in [0.05, 0.1) is 14.2 Å². The molecule has 1 heterocycles. The number of nitrogens with one attached hydrogen (secondary N) is 1. The summed E-state index contributed by atoms with van der Waals surface area (Å²) in [6.07, 6.45) is 3.20. The first-order valence-corrected chi connectivity index (χ1v) is 5.88. The molecule has 0 spiro atoms. The quantitative estimate of drug-likeness (QED) is 0.873. The van der Waals surface area contributed by atoms with E-state index in [1.807, 2.05) is 0 Å². The molecule has 0 radical (unpaired) electrons. The number of hydrogen-bond acceptors (Lipinski definition) is 3. The predicted molar refractivity (Wildman–Crippen MR) is 64.2 cm³/mol. The molecule has 1 atom stereocenters. The van der Waals surface area contributed by atoms with Crippen LogP contribution in [-0.2, 0) is 6.42 Å². The molecule has 0 aromatic heterocycles. The molecule has 4 heteroatoms. The summed E-state index contributed by atoms with van der Waals surface area (Å²) in [7, 11) is 3.04. The van der Waals surface area contributed by atoms with Crippen LogP contribution in [0.4, 0.5) is 4.39 Å². The lowest BCUT2D eigenvalue weighted by molar-refractivity contribution is 0.373. The molecule has 1 aliphatic heterocycles. The number of halogens is 1. The summed E-state index contributed by atoms with van der Waals surface area (Å²) in [5, 5.41) is 3.42. The number of benzene rings is 1. The molecule has 3 nitrogen and oxygen atoms in total. The van der Waals surface area contributed by atoms with E-state index in [0.717, 1.165) is 24.9 Å². The Morgan fingerprint density at radius 2 is 2.06 bits per heavy atom. The van der Waals surface area contributed by atoms with E-state index in [4.69, 9.17) is 9.47 Å². The Morgan fingerprint density at radius 1 is 1.29 bits per heavy atom. The average Bonchev–Trinajstić information content (AvgIpc) is 2.83. The van der Waals surface area contributed by atoms with Crippen LogP contribution in [0, 0.1) is 5.82 Å². The van der Waals surface area contributed by atoms with Crippen LogP contribution >= 0.6 is 0 Å². The van der Waals surface area contributed by atoms with Crippen molar-refractivity contribution >= 4 is 0 Å². The molecule has 1 aromatic carbocycles. The summed E-state index contributed by atoms with van der Waals surface area (Å²) in [6.45, 7) is 1.06. The van der Waals surface area contributed by atoms with Gasteiger partial charge in [-0.05, 0) is 37.4 Å². The van der Waals surface area contributed by atoms with Crippen LogP contribution in [0.25, 0.3) is 0 Å². The second-order valence-electron chi connectivity index (χ2n) is 4.30. The first kappa shape index (κ1) is 12.2. The Kier molecular flexibility index (Phi) is 3.84. The van der Waals surface area contributed by atoms with Crippen LogP contribution in [0.5, 0.6) is 11.5 Å². The maximum absolute atomic E-state index is 13.5. The number of methoxy groups -OCH3 is 2. The van der Waals surface area contributed by atoms with Gasteiger partial charge in [-0.25, -0.2) is 4.39 Å². The molecule has 1 aromatic rings. The third-order valence-electron chi connectivity index (χ3n) is 3.18. The molecule has 0 saturated carbocycles. The van der Waals surface area contributed by atoms with Crippen LogP contribution in [0.3, 0.4) is 0 Å². The summed E-state index contributed by atoms with van der Waals surface area (Å²) < 4.78 is 23.7. The van der Waals surface area contributed by atoms with Gasteiger partial charge in [0.25, 0.3) is 0 Å². The van der Waals surface area contributed by atoms with Crippen LogP contribution in [0.15, 0.2) is 12.1 Å². The van der Waals surface area contributed by atoms with Gasteiger partial charge in [0, 0.05) is 12.1 Å². The SMILES string of the molecule is COc1cc(CC2CCCN2)c(OC)cc1F. The Labute approximate surface area is 101 Å². The van der Waals surface area contributed by atoms with Crippen molar-refractivity contribution in [1.82, 2.24) is 5.32 Å². The maximum atomic E-state index is 13.5. The Bertz CT molecular complexity index is 389. The topological polar surface area (TPSA) is 30.5 Å². The normalized spacial score (nSPS) is 19.4. The molecule has 17 heavy (non-hydrogen) atoms. The predicted octanol–water partition coefficient (Wildman–Crippen LogP) is 2.14. The molecule has 0 amide bonds. The molecule has 1 fully saturated rings. The van der Waals surface area contributed by atoms with Crippen molar-refractivity contribution in [2.24, 2.45) is 0 Å². The van der Waals surface area contributed by atoms with Crippen molar-refractivity contribution in [3.05, 3.63) is 23.5 Å². The minimum absolute atomic E-state index is 0.277. The van der Waals surface area contributed by atoms with Crippen LogP contribution < -0.4 is 14.8 Å². The van der Waals surface area contributed by atoms with Gasteiger partial charge in [0.15, 0.2) is 11.6 Å². The maximum Gasteiger partial charge on any atom is 0.168 e. The number of ether oxygens (including phenoxy) is 2. The zero-order valence-electron chi connectivity index (χ0n) is 10.3. The monoisotopic (exact) mass is 239 g/mol. The molecule has 94 valence electrons. The van der Waals surface area contributed by atoms with E-state index in [-0.39, 0.29) is 11.6 Å². The molecule has 1 saturated heterocycles. The van der Waals surface area contributed by atoms with Crippen molar-refractivity contribution in [2.75, 3.05) is 20.8 Å². The highest BCUT2D eigenvalue weighted by Gasteiger charge is 2.18. The van der Waals surface area contributed by atoms with E-state index in [1.165, 1.54) is 19.6 Å². The van der Waals surface area contributed by atoms with Crippen LogP contribution in [0.1, 0.15) is 18.4 Å². The highest BCUT2D eigenvalue weighted by molar-refractivity contribution is 5.42. The molecular weight excluding hydrogens is 221 g/mol. The summed E-state index contributed by atoms with van der Waals surface area (Å²) >= 11 is 0. The van der Waals surface area contributed by atoms with Gasteiger partial charge in [0.2, 0.25) is 0 Å². The van der Waals surface area contributed by atoms with E-state index in [2.05, 4.69) is 5.32 Å². The van der Waals surface area contributed by atoms with Crippen LogP contribution in [0.2, 0.25) is 0 Å². The van der Waals surface area contributed by atoms with Gasteiger partial charge < -0.3 is 14.8 Å². The van der Waals surface area contributed by atoms with Gasteiger partial charge >= 0.3 is 0 Å². The van der Waals surface area contributed by atoms with Gasteiger partial charge in [0.1, 0.15) is 5.75 Å². The Balaban J connectivity index is 2.23. The largest absolute Gasteiger partial charge is 0.496 e. The average molecular weight is 239 g/mol. The van der Waals surface area contributed by atoms with Crippen LogP contribution in [-0.4, -0.2) is 26.8 Å². The number of rotatable bonds is 4. The van der Waals surface area contributed by atoms with Gasteiger partial charge in [-0.15, -0.1) is 0 Å². The van der Waals surface area contributed by atoms with E-state index < -0.39 is 0 Å². The smallest absolute Gasteiger partial charge is 0.168 e. The highest BCUT2D eigenvalue weighted by Crippen LogP contribution is 2.29. The molecule has 1 aliphatic rings. The van der Waals surface area contributed by atoms with Crippen molar-refractivity contribution in [2.45, 2.75) is 25.3 Å². The molecule has 1 unspecified atom stereocenters. The summed E-state index contributed by atoms with van der Waals surface area (Å²) in [6, 6.07) is 3.58. The standard InChI is InChI=1S/C13H18FNO2/c1-16-12-8-11(14)13(17-2)7-9(12)6-10-4-3-5-15-10/h7-8,10,15H,3-6H2,1-2H3. The lowest BCUT2D eigenvalue weighted by atomic mass is 10.0. The second-order valence-corrected chi connectivity index (χ2v) is 4.30. The molecular formula is C13H18FNO2. The van der Waals surface area contributed by atoms with Gasteiger partial charge in [-0.2, -0.15) is 0 Å². The van der Waals surface area contributed by atoms with Gasteiger partial charge in [-0.1, -0.05) is 0 Å². The Morgan fingerprint density at radius 3 is 2.65 bits per heavy atom. The van der Waals surface area contributed by atoms with Crippen molar-refractivity contribution in [3.8, 4) is 11.5 Å². The zero-order valence-corrected chi connectivity index (χ0v) is 10.3. The van der Waals surface area contributed by atoms with Crippen molar-refractivity contribution in [1.29, 1.82) is 0 Å². The van der Waals surface area contributed by atoms with E-state index in [1.54, 1.807) is 13.2 Å². The highest BCUT2D eigenvalue weighted by atomic mass is 19.1. The molecule has 0 bridgehead atoms. The van der Waals surface area contributed by atoms with E-state index in [0.29, 0.717) is 11.8 Å². The molecule has 1 N–H and O–H groups in total. The summed E-state index contributed by atoms with van der Waals surface area (Å²) in [5.74, 6) is 0.489. The van der Waals surface area contributed by atoms with Crippen molar-refractivity contribution in [3.63, 3.8) is 0 Å². The van der Waals surface area contributed by atoms with E-state index >= 15 is 0 Å². The van der Waals surface area contributed by atoms with Crippen molar-refractivity contribution < 1.29 is 13.9 Å². The fraction of sp³-hybridized carbons (Fsp3) is 0.538. The van der Waals surface area contributed by atoms with Gasteiger partial charge in [-0.3, -0.25) is 0 Å². The number of hydrogen-bond donors (Lipinski definition) is 1. The lowest BCUT2D eigenvalue weighted by Crippen LogP contribution is -2.23. The molecule has 0 aliphatic carbocycles. The fourth-order valence-electron chi connectivity index (χ4n) is 2.28. The minimum atomic E-state index is -0.382. The second kappa shape index (κ2) is 5.36. The fourth-order valence-corrected chi connectivity index (χ4v) is 2.28. The third kappa shape index (κ3) is 2.69. The first-order valence-electron chi connectivity index (χ1n) is 5.88. The van der Waals surface area contributed by atoms with E-state index in [9.17, 15) is 4.39 Å². The first-order chi connectivity index (χ1) is 8.24. The Hall–Kier alpha value is -1.29. The minimum Gasteiger partial charge on any atom is -0.496 e. The molecule has 2 rings (SSSR count). The summed E-state index contributed by atoms with van der Waals surface area (Å²) in [4.78, 5) is 0.